The van der Waals surface area contributed by atoms with E-state index in [9.17, 15) is 24.3 Å². The molecule has 0 radical (unpaired) electrons. The number of oxime groups is 1. The number of Topliss-reactive ketones (excluding diaryl/α,β-unsaturated/α-hetero) is 1. The zero-order valence-electron chi connectivity index (χ0n) is 24.1. The molecule has 0 saturated heterocycles. The minimum atomic E-state index is -1.16. The van der Waals surface area contributed by atoms with Crippen LogP contribution in [-0.2, 0) is 40.1 Å². The Morgan fingerprint density at radius 3 is 2.76 bits per heavy atom. The number of aliphatic hydroxyl groups is 1. The number of aliphatic hydroxyl groups excluding tert-OH is 1. The monoisotopic (exact) mass is 571 g/mol. The van der Waals surface area contributed by atoms with Crippen LogP contribution in [0.1, 0.15) is 71.5 Å². The van der Waals surface area contributed by atoms with Crippen LogP contribution in [0.5, 0.6) is 0 Å². The van der Waals surface area contributed by atoms with Crippen molar-refractivity contribution in [1.82, 2.24) is 0 Å². The number of carbonyl (C=O) groups excluding carboxylic acids is 4. The van der Waals surface area contributed by atoms with Crippen molar-refractivity contribution in [2.45, 2.75) is 84.5 Å². The van der Waals surface area contributed by atoms with Gasteiger partial charge in [0, 0.05) is 24.7 Å². The molecule has 0 aliphatic heterocycles. The lowest BCUT2D eigenvalue weighted by molar-refractivity contribution is -0.158. The maximum Gasteiger partial charge on any atom is 0.308 e. The summed E-state index contributed by atoms with van der Waals surface area (Å²) in [6.07, 6.45) is 4.45. The van der Waals surface area contributed by atoms with Crippen molar-refractivity contribution in [2.24, 2.45) is 28.8 Å². The Bertz CT molecular complexity index is 1140. The summed E-state index contributed by atoms with van der Waals surface area (Å²) < 4.78 is 16.2. The van der Waals surface area contributed by atoms with Gasteiger partial charge in [-0.05, 0) is 55.4 Å². The van der Waals surface area contributed by atoms with Gasteiger partial charge in [-0.15, -0.1) is 0 Å². The number of rotatable bonds is 15. The third-order valence-electron chi connectivity index (χ3n) is 7.84. The maximum absolute atomic E-state index is 13.1. The van der Waals surface area contributed by atoms with Crippen LogP contribution in [0.25, 0.3) is 0 Å². The van der Waals surface area contributed by atoms with Crippen molar-refractivity contribution in [3.63, 3.8) is 0 Å². The molecule has 41 heavy (non-hydrogen) atoms. The van der Waals surface area contributed by atoms with E-state index in [1.165, 1.54) is 6.08 Å². The highest BCUT2D eigenvalue weighted by Crippen LogP contribution is 2.44. The summed E-state index contributed by atoms with van der Waals surface area (Å²) in [5, 5.41) is 14.5. The van der Waals surface area contributed by atoms with Gasteiger partial charge in [-0.1, -0.05) is 38.6 Å². The Morgan fingerprint density at radius 2 is 2.07 bits per heavy atom. The van der Waals surface area contributed by atoms with Crippen LogP contribution in [0.15, 0.2) is 52.3 Å². The van der Waals surface area contributed by atoms with Gasteiger partial charge in [0.1, 0.15) is 24.3 Å². The number of hydrogen-bond donors (Lipinski definition) is 1. The average molecular weight is 572 g/mol. The smallest absolute Gasteiger partial charge is 0.308 e. The van der Waals surface area contributed by atoms with Crippen molar-refractivity contribution in [1.29, 1.82) is 0 Å². The number of allylic oxidation sites excluding steroid dienone is 1. The van der Waals surface area contributed by atoms with Crippen molar-refractivity contribution in [3.8, 4) is 0 Å². The summed E-state index contributed by atoms with van der Waals surface area (Å²) in [7, 11) is 0. The standard InChI is InChI=1S/C31H41NO9/c1-5-13-39-29(36)16-22(34)15-21(33)9-10-24-20(4)27(35)17-25-26(32-40-18-23-8-7-14-38-23)11-12-28(30(24)25)41-31(37)19(3)6-2/h5,7-8,14,17,19-20,22,24,28,30,34H,1,6,9-13,15-16,18H2,2-4H3/b32-26+. The first-order chi connectivity index (χ1) is 19.6. The predicted molar refractivity (Wildman–Crippen MR) is 149 cm³/mol. The van der Waals surface area contributed by atoms with Gasteiger partial charge in [0.2, 0.25) is 0 Å². The fraction of sp³-hybridized carbons (Fsp3) is 0.581. The van der Waals surface area contributed by atoms with Crippen LogP contribution >= 0.6 is 0 Å². The van der Waals surface area contributed by atoms with Gasteiger partial charge in [-0.3, -0.25) is 19.2 Å². The van der Waals surface area contributed by atoms with Crippen LogP contribution in [0.3, 0.4) is 0 Å². The Labute approximate surface area is 240 Å². The number of fused-ring (bicyclic) bond motifs is 1. The molecule has 0 amide bonds. The Kier molecular flexibility index (Phi) is 12.1. The topological polar surface area (TPSA) is 142 Å². The molecule has 10 heteroatoms. The molecule has 224 valence electrons. The van der Waals surface area contributed by atoms with Gasteiger partial charge in [0.25, 0.3) is 0 Å². The Balaban J connectivity index is 1.76. The molecule has 1 aromatic rings. The lowest BCUT2D eigenvalue weighted by atomic mass is 9.63. The second-order valence-electron chi connectivity index (χ2n) is 10.8. The van der Waals surface area contributed by atoms with E-state index < -0.39 is 24.1 Å². The highest BCUT2D eigenvalue weighted by atomic mass is 16.6. The van der Waals surface area contributed by atoms with E-state index in [1.54, 1.807) is 24.5 Å². The van der Waals surface area contributed by atoms with Crippen molar-refractivity contribution in [2.75, 3.05) is 6.61 Å². The third kappa shape index (κ3) is 8.98. The van der Waals surface area contributed by atoms with Gasteiger partial charge >= 0.3 is 11.9 Å². The zero-order valence-corrected chi connectivity index (χ0v) is 24.1. The van der Waals surface area contributed by atoms with Crippen molar-refractivity contribution in [3.05, 3.63) is 48.5 Å². The molecule has 2 aliphatic carbocycles. The molecular weight excluding hydrogens is 530 g/mol. The molecule has 10 nitrogen and oxygen atoms in total. The lowest BCUT2D eigenvalue weighted by Gasteiger charge is -2.43. The molecule has 1 aromatic heterocycles. The first-order valence-corrected chi connectivity index (χ1v) is 14.3. The Hall–Kier alpha value is -3.53. The van der Waals surface area contributed by atoms with E-state index in [-0.39, 0.29) is 67.8 Å². The minimum Gasteiger partial charge on any atom is -0.466 e. The fourth-order valence-corrected chi connectivity index (χ4v) is 5.32. The van der Waals surface area contributed by atoms with E-state index >= 15 is 0 Å². The summed E-state index contributed by atoms with van der Waals surface area (Å²) in [6.45, 7) is 9.19. The molecule has 0 spiro atoms. The number of carbonyl (C=O) groups is 4. The molecule has 1 N–H and O–H groups in total. The lowest BCUT2D eigenvalue weighted by Crippen LogP contribution is -2.46. The first-order valence-electron chi connectivity index (χ1n) is 14.3. The summed E-state index contributed by atoms with van der Waals surface area (Å²) >= 11 is 0. The summed E-state index contributed by atoms with van der Waals surface area (Å²) in [5.74, 6) is -1.95. The molecule has 0 aromatic carbocycles. The second-order valence-corrected chi connectivity index (χ2v) is 10.8. The van der Waals surface area contributed by atoms with E-state index in [2.05, 4.69) is 11.7 Å². The normalized spacial score (nSPS) is 24.5. The Morgan fingerprint density at radius 1 is 1.29 bits per heavy atom. The number of nitrogens with zero attached hydrogens (tertiary/aromatic N) is 1. The minimum absolute atomic E-state index is 0.0340. The highest BCUT2D eigenvalue weighted by molar-refractivity contribution is 6.08. The quantitative estimate of drug-likeness (QED) is 0.183. The van der Waals surface area contributed by atoms with Crippen molar-refractivity contribution >= 4 is 29.2 Å². The number of furan rings is 1. The summed E-state index contributed by atoms with van der Waals surface area (Å²) in [4.78, 5) is 56.0. The first kappa shape index (κ1) is 32.0. The van der Waals surface area contributed by atoms with Gasteiger partial charge in [0.05, 0.1) is 30.4 Å². The largest absolute Gasteiger partial charge is 0.466 e. The van der Waals surface area contributed by atoms with Crippen LogP contribution in [-0.4, -0.2) is 53.1 Å². The molecule has 1 fully saturated rings. The van der Waals surface area contributed by atoms with E-state index in [1.807, 2.05) is 20.8 Å². The molecule has 1 saturated carbocycles. The highest BCUT2D eigenvalue weighted by Gasteiger charge is 2.46. The van der Waals surface area contributed by atoms with Gasteiger partial charge in [0.15, 0.2) is 12.4 Å². The molecule has 6 atom stereocenters. The van der Waals surface area contributed by atoms with Gasteiger partial charge < -0.3 is 23.8 Å². The zero-order chi connectivity index (χ0) is 29.9. The van der Waals surface area contributed by atoms with Crippen LogP contribution in [0.4, 0.5) is 0 Å². The van der Waals surface area contributed by atoms with Crippen LogP contribution in [0, 0.1) is 23.7 Å². The number of hydrogen-bond acceptors (Lipinski definition) is 10. The molecule has 0 bridgehead atoms. The summed E-state index contributed by atoms with van der Waals surface area (Å²) in [6, 6.07) is 3.52. The molecule has 1 heterocycles. The second kappa shape index (κ2) is 15.5. The van der Waals surface area contributed by atoms with Crippen LogP contribution in [0.2, 0.25) is 0 Å². The van der Waals surface area contributed by atoms with Gasteiger partial charge in [-0.2, -0.15) is 0 Å². The van der Waals surface area contributed by atoms with Crippen molar-refractivity contribution < 1.29 is 43.0 Å². The maximum atomic E-state index is 13.1. The van der Waals surface area contributed by atoms with Crippen LogP contribution < -0.4 is 0 Å². The van der Waals surface area contributed by atoms with E-state index in [4.69, 9.17) is 18.7 Å². The third-order valence-corrected chi connectivity index (χ3v) is 7.84. The number of esters is 2. The summed E-state index contributed by atoms with van der Waals surface area (Å²) in [5.41, 5.74) is 1.28. The SMILES string of the molecule is C=CCOC(=O)CC(O)CC(=O)CCC1C(C)C(=O)C=C2/C(=N/OCc3ccco3)CCC(OC(=O)C(C)CC)C21. The van der Waals surface area contributed by atoms with E-state index in [0.29, 0.717) is 42.7 Å². The van der Waals surface area contributed by atoms with Gasteiger partial charge in [-0.25, -0.2) is 0 Å². The van der Waals surface area contributed by atoms with E-state index in [0.717, 1.165) is 0 Å². The number of ketones is 2. The number of ether oxygens (including phenoxy) is 2. The predicted octanol–water partition coefficient (Wildman–Crippen LogP) is 4.50. The molecule has 3 rings (SSSR count). The molecule has 6 unspecified atom stereocenters. The fourth-order valence-electron chi connectivity index (χ4n) is 5.32. The molecule has 2 aliphatic rings. The molecular formula is C31H41NO9. The average Bonchev–Trinajstić information content (AvgIpc) is 3.46.